The number of furan rings is 1. The molecule has 0 aliphatic carbocycles. The summed E-state index contributed by atoms with van der Waals surface area (Å²) >= 11 is 0. The van der Waals surface area contributed by atoms with Gasteiger partial charge in [-0.15, -0.1) is 0 Å². The van der Waals surface area contributed by atoms with Gasteiger partial charge in [-0.05, 0) is 25.5 Å². The zero-order valence-corrected chi connectivity index (χ0v) is 7.88. The van der Waals surface area contributed by atoms with E-state index in [1.807, 2.05) is 6.07 Å². The molecule has 2 rings (SSSR count). The maximum Gasteiger partial charge on any atom is 0.288 e. The molecule has 1 aromatic heterocycles. The molecule has 0 bridgehead atoms. The topological polar surface area (TPSA) is 34.4 Å². The first-order valence-electron chi connectivity index (χ1n) is 4.76. The largest absolute Gasteiger partial charge is 0.468 e. The molecule has 1 saturated heterocycles. The monoisotopic (exact) mass is 181 g/mol. The molecule has 0 saturated carbocycles. The van der Waals surface area contributed by atoms with Gasteiger partial charge in [-0.1, -0.05) is 6.42 Å². The van der Waals surface area contributed by atoms with Crippen molar-refractivity contribution in [1.82, 2.24) is 5.32 Å². The molecule has 13 heavy (non-hydrogen) atoms. The van der Waals surface area contributed by atoms with Crippen molar-refractivity contribution in [2.45, 2.75) is 25.3 Å². The first kappa shape index (κ1) is 8.63. The summed E-state index contributed by atoms with van der Waals surface area (Å²) in [6, 6.07) is 2.41. The average molecular weight is 181 g/mol. The van der Waals surface area contributed by atoms with Crippen molar-refractivity contribution >= 4 is 0 Å². The second-order valence-corrected chi connectivity index (χ2v) is 3.37. The highest BCUT2D eigenvalue weighted by molar-refractivity contribution is 5.26. The zero-order chi connectivity index (χ0) is 9.10. The van der Waals surface area contributed by atoms with Gasteiger partial charge in [-0.3, -0.25) is 0 Å². The van der Waals surface area contributed by atoms with E-state index in [0.717, 1.165) is 12.1 Å². The lowest BCUT2D eigenvalue weighted by atomic mass is 10.00. The number of piperidine rings is 1. The Bertz CT molecular complexity index is 264. The lowest BCUT2D eigenvalue weighted by Gasteiger charge is -2.22. The highest BCUT2D eigenvalue weighted by atomic mass is 16.6. The molecule has 3 heteroatoms. The number of hydrogen-bond acceptors (Lipinski definition) is 3. The summed E-state index contributed by atoms with van der Waals surface area (Å²) < 4.78 is 10.3. The summed E-state index contributed by atoms with van der Waals surface area (Å²) in [6.07, 6.45) is 5.42. The first-order valence-corrected chi connectivity index (χ1v) is 4.76. The third-order valence-corrected chi connectivity index (χ3v) is 2.53. The van der Waals surface area contributed by atoms with Crippen LogP contribution in [-0.4, -0.2) is 13.7 Å². The van der Waals surface area contributed by atoms with Gasteiger partial charge in [0.05, 0.1) is 18.9 Å². The Labute approximate surface area is 78.1 Å². The van der Waals surface area contributed by atoms with Gasteiger partial charge in [0, 0.05) is 6.04 Å². The second-order valence-electron chi connectivity index (χ2n) is 3.37. The van der Waals surface area contributed by atoms with E-state index in [2.05, 4.69) is 5.32 Å². The molecule has 1 N–H and O–H groups in total. The van der Waals surface area contributed by atoms with Crippen LogP contribution in [-0.2, 0) is 0 Å². The first-order chi connectivity index (χ1) is 6.42. The predicted octanol–water partition coefficient (Wildman–Crippen LogP) is 2.10. The van der Waals surface area contributed by atoms with E-state index in [1.165, 1.54) is 19.3 Å². The molecule has 0 radical (unpaired) electrons. The van der Waals surface area contributed by atoms with Crippen LogP contribution in [0.4, 0.5) is 0 Å². The van der Waals surface area contributed by atoms with Crippen LogP contribution in [0.15, 0.2) is 16.7 Å². The van der Waals surface area contributed by atoms with Crippen LogP contribution in [0.3, 0.4) is 0 Å². The molecule has 1 aliphatic rings. The number of methoxy groups -OCH3 is 1. The third-order valence-electron chi connectivity index (χ3n) is 2.53. The molecule has 0 unspecified atom stereocenters. The van der Waals surface area contributed by atoms with E-state index in [-0.39, 0.29) is 0 Å². The maximum absolute atomic E-state index is 5.20. The average Bonchev–Trinajstić information content (AvgIpc) is 2.67. The van der Waals surface area contributed by atoms with Gasteiger partial charge in [0.15, 0.2) is 0 Å². The Hall–Kier alpha value is -0.960. The van der Waals surface area contributed by atoms with Crippen molar-refractivity contribution in [3.63, 3.8) is 0 Å². The number of rotatable bonds is 2. The van der Waals surface area contributed by atoms with Gasteiger partial charge in [-0.25, -0.2) is 0 Å². The predicted molar refractivity (Wildman–Crippen MR) is 49.9 cm³/mol. The van der Waals surface area contributed by atoms with E-state index >= 15 is 0 Å². The number of nitrogens with one attached hydrogen (secondary N) is 1. The fourth-order valence-electron chi connectivity index (χ4n) is 1.85. The summed E-state index contributed by atoms with van der Waals surface area (Å²) in [6.45, 7) is 1.10. The van der Waals surface area contributed by atoms with Gasteiger partial charge in [0.1, 0.15) is 0 Å². The summed E-state index contributed by atoms with van der Waals surface area (Å²) in [4.78, 5) is 0. The minimum Gasteiger partial charge on any atom is -0.468 e. The van der Waals surface area contributed by atoms with E-state index in [4.69, 9.17) is 9.15 Å². The lowest BCUT2D eigenvalue weighted by molar-refractivity contribution is 0.291. The lowest BCUT2D eigenvalue weighted by Crippen LogP contribution is -2.26. The Morgan fingerprint density at radius 2 is 2.46 bits per heavy atom. The minimum atomic E-state index is 0.419. The standard InChI is InChI=1S/C10H15NO2/c1-12-10-8(5-7-13-10)9-4-2-3-6-11-9/h5,7,9,11H,2-4,6H2,1H3/t9-/m0/s1. The van der Waals surface area contributed by atoms with Crippen molar-refractivity contribution in [2.24, 2.45) is 0 Å². The van der Waals surface area contributed by atoms with Crippen LogP contribution in [0.25, 0.3) is 0 Å². The second kappa shape index (κ2) is 3.83. The van der Waals surface area contributed by atoms with Crippen LogP contribution in [0.1, 0.15) is 30.9 Å². The van der Waals surface area contributed by atoms with Crippen LogP contribution in [0, 0.1) is 0 Å². The Morgan fingerprint density at radius 1 is 1.54 bits per heavy atom. The van der Waals surface area contributed by atoms with Gasteiger partial charge in [0.2, 0.25) is 0 Å². The molecule has 1 atom stereocenters. The number of ether oxygens (including phenoxy) is 1. The molecule has 0 aromatic carbocycles. The fraction of sp³-hybridized carbons (Fsp3) is 0.600. The van der Waals surface area contributed by atoms with Crippen molar-refractivity contribution < 1.29 is 9.15 Å². The van der Waals surface area contributed by atoms with Gasteiger partial charge in [-0.2, -0.15) is 0 Å². The Balaban J connectivity index is 2.13. The molecule has 3 nitrogen and oxygen atoms in total. The molecule has 0 spiro atoms. The van der Waals surface area contributed by atoms with Crippen LogP contribution in [0.5, 0.6) is 5.95 Å². The normalized spacial score (nSPS) is 23.0. The van der Waals surface area contributed by atoms with Gasteiger partial charge < -0.3 is 14.5 Å². The van der Waals surface area contributed by atoms with Crippen LogP contribution >= 0.6 is 0 Å². The molecule has 1 aliphatic heterocycles. The fourth-order valence-corrected chi connectivity index (χ4v) is 1.85. The quantitative estimate of drug-likeness (QED) is 0.758. The van der Waals surface area contributed by atoms with Crippen molar-refractivity contribution in [1.29, 1.82) is 0 Å². The SMILES string of the molecule is COc1occc1[C@@H]1CCCCN1. The maximum atomic E-state index is 5.20. The van der Waals surface area contributed by atoms with Crippen LogP contribution < -0.4 is 10.1 Å². The number of hydrogen-bond donors (Lipinski definition) is 1. The van der Waals surface area contributed by atoms with Gasteiger partial charge >= 0.3 is 0 Å². The smallest absolute Gasteiger partial charge is 0.288 e. The minimum absolute atomic E-state index is 0.419. The van der Waals surface area contributed by atoms with E-state index in [9.17, 15) is 0 Å². The molecule has 0 amide bonds. The highest BCUT2D eigenvalue weighted by Crippen LogP contribution is 2.30. The van der Waals surface area contributed by atoms with Crippen LogP contribution in [0.2, 0.25) is 0 Å². The zero-order valence-electron chi connectivity index (χ0n) is 7.88. The summed E-state index contributed by atoms with van der Waals surface area (Å²) in [5.74, 6) is 0.652. The van der Waals surface area contributed by atoms with Crippen molar-refractivity contribution in [3.05, 3.63) is 17.9 Å². The summed E-state index contributed by atoms with van der Waals surface area (Å²) in [5.41, 5.74) is 1.15. The van der Waals surface area contributed by atoms with Crippen molar-refractivity contribution in [3.8, 4) is 5.95 Å². The molecule has 2 heterocycles. The van der Waals surface area contributed by atoms with Crippen molar-refractivity contribution in [2.75, 3.05) is 13.7 Å². The summed E-state index contributed by atoms with van der Waals surface area (Å²) in [5, 5.41) is 3.46. The molecule has 1 fully saturated rings. The third kappa shape index (κ3) is 1.70. The molecular formula is C10H15NO2. The van der Waals surface area contributed by atoms with Gasteiger partial charge in [0.25, 0.3) is 5.95 Å². The molecule has 1 aromatic rings. The Kier molecular flexibility index (Phi) is 2.54. The molecule has 72 valence electrons. The van der Waals surface area contributed by atoms with E-state index in [0.29, 0.717) is 12.0 Å². The van der Waals surface area contributed by atoms with E-state index < -0.39 is 0 Å². The Morgan fingerprint density at radius 3 is 3.15 bits per heavy atom. The molecular weight excluding hydrogens is 166 g/mol. The summed E-state index contributed by atoms with van der Waals surface area (Å²) in [7, 11) is 1.64. The van der Waals surface area contributed by atoms with E-state index in [1.54, 1.807) is 13.4 Å². The highest BCUT2D eigenvalue weighted by Gasteiger charge is 2.20.